The highest BCUT2D eigenvalue weighted by Crippen LogP contribution is 2.44. The van der Waals surface area contributed by atoms with E-state index in [1.807, 2.05) is 53.8 Å². The van der Waals surface area contributed by atoms with Crippen molar-refractivity contribution in [2.24, 2.45) is 5.92 Å². The fraction of sp³-hybridized carbons (Fsp3) is 0.348. The van der Waals surface area contributed by atoms with Crippen molar-refractivity contribution in [2.45, 2.75) is 31.5 Å². The smallest absolute Gasteiger partial charge is 0.407 e. The Morgan fingerprint density at radius 1 is 1.03 bits per heavy atom. The molecule has 0 fully saturated rings. The molecule has 0 aromatic heterocycles. The Morgan fingerprint density at radius 2 is 1.58 bits per heavy atom. The number of carboxylic acid groups (broad SMARTS) is 1. The summed E-state index contributed by atoms with van der Waals surface area (Å²) in [6.07, 6.45) is -5.84. The van der Waals surface area contributed by atoms with Gasteiger partial charge in [0.05, 0.1) is 0 Å². The van der Waals surface area contributed by atoms with Crippen molar-refractivity contribution in [2.75, 3.05) is 13.2 Å². The lowest BCUT2D eigenvalue weighted by Crippen LogP contribution is -2.49. The van der Waals surface area contributed by atoms with Crippen molar-refractivity contribution in [3.63, 3.8) is 0 Å². The number of aliphatic carboxylic acids is 1. The van der Waals surface area contributed by atoms with Crippen LogP contribution in [0, 0.1) is 5.92 Å². The Labute approximate surface area is 187 Å². The van der Waals surface area contributed by atoms with Crippen molar-refractivity contribution in [1.82, 2.24) is 10.6 Å². The van der Waals surface area contributed by atoms with Gasteiger partial charge in [0.25, 0.3) is 0 Å². The average molecular weight is 464 g/mol. The van der Waals surface area contributed by atoms with Gasteiger partial charge in [-0.3, -0.25) is 9.59 Å². The number of carbonyl (C=O) groups is 3. The van der Waals surface area contributed by atoms with Gasteiger partial charge in [0.1, 0.15) is 12.6 Å². The predicted octanol–water partition coefficient (Wildman–Crippen LogP) is 3.68. The van der Waals surface area contributed by atoms with Crippen molar-refractivity contribution in [3.8, 4) is 11.1 Å². The van der Waals surface area contributed by atoms with Gasteiger partial charge in [0.2, 0.25) is 5.91 Å². The Kier molecular flexibility index (Phi) is 7.25. The van der Waals surface area contributed by atoms with Crippen LogP contribution in [0.25, 0.3) is 11.1 Å². The Bertz CT molecular complexity index is 995. The topological polar surface area (TPSA) is 105 Å². The molecule has 0 heterocycles. The maximum atomic E-state index is 12.8. The summed E-state index contributed by atoms with van der Waals surface area (Å²) in [6, 6.07) is 14.3. The number of carboxylic acids is 1. The molecule has 1 aliphatic carbocycles. The summed E-state index contributed by atoms with van der Waals surface area (Å²) in [7, 11) is 0. The molecule has 3 N–H and O–H groups in total. The van der Waals surface area contributed by atoms with Gasteiger partial charge in [-0.2, -0.15) is 13.2 Å². The molecule has 0 bridgehead atoms. The number of fused-ring (bicyclic) bond motifs is 3. The standard InChI is InChI=1S/C23H23F3N2O5/c1-2-19(20(29)27-11-18(21(30)31)23(24,25)26)28-22(32)33-12-17-15-9-5-3-7-13(15)14-8-4-6-10-16(14)17/h3-10,17-19H,2,11-12H2,1H3,(H,27,29)(H,28,32)(H,30,31). The minimum Gasteiger partial charge on any atom is -0.481 e. The second-order valence-electron chi connectivity index (χ2n) is 7.61. The van der Waals surface area contributed by atoms with E-state index < -0.39 is 42.7 Å². The lowest BCUT2D eigenvalue weighted by Gasteiger charge is -2.20. The van der Waals surface area contributed by atoms with E-state index in [1.165, 1.54) is 0 Å². The van der Waals surface area contributed by atoms with E-state index in [2.05, 4.69) is 5.32 Å². The second kappa shape index (κ2) is 9.93. The molecule has 33 heavy (non-hydrogen) atoms. The van der Waals surface area contributed by atoms with Crippen molar-refractivity contribution in [3.05, 3.63) is 59.7 Å². The molecular weight excluding hydrogens is 441 g/mol. The zero-order chi connectivity index (χ0) is 24.2. The number of nitrogens with one attached hydrogen (secondary N) is 2. The molecule has 7 nitrogen and oxygen atoms in total. The number of alkyl halides is 3. The van der Waals surface area contributed by atoms with E-state index >= 15 is 0 Å². The van der Waals surface area contributed by atoms with Gasteiger partial charge < -0.3 is 20.5 Å². The normalized spacial score (nSPS) is 14.5. The van der Waals surface area contributed by atoms with Crippen LogP contribution in [0.2, 0.25) is 0 Å². The zero-order valence-corrected chi connectivity index (χ0v) is 17.7. The molecule has 2 unspecified atom stereocenters. The van der Waals surface area contributed by atoms with Crippen LogP contribution in [-0.2, 0) is 14.3 Å². The number of rotatable bonds is 8. The predicted molar refractivity (Wildman–Crippen MR) is 112 cm³/mol. The van der Waals surface area contributed by atoms with Crippen LogP contribution in [0.5, 0.6) is 0 Å². The number of carbonyl (C=O) groups excluding carboxylic acids is 2. The van der Waals surface area contributed by atoms with Crippen LogP contribution in [0.4, 0.5) is 18.0 Å². The highest BCUT2D eigenvalue weighted by molar-refractivity contribution is 5.86. The highest BCUT2D eigenvalue weighted by atomic mass is 19.4. The number of ether oxygens (including phenoxy) is 1. The lowest BCUT2D eigenvalue weighted by atomic mass is 9.98. The third-order valence-corrected chi connectivity index (χ3v) is 5.53. The molecule has 2 aromatic rings. The minimum atomic E-state index is -5.01. The van der Waals surface area contributed by atoms with Gasteiger partial charge in [-0.15, -0.1) is 0 Å². The number of alkyl carbamates (subject to hydrolysis) is 1. The molecule has 0 radical (unpaired) electrons. The third-order valence-electron chi connectivity index (χ3n) is 5.53. The molecular formula is C23H23F3N2O5. The van der Waals surface area contributed by atoms with Gasteiger partial charge in [0, 0.05) is 12.5 Å². The number of benzene rings is 2. The molecule has 10 heteroatoms. The van der Waals surface area contributed by atoms with Crippen molar-refractivity contribution >= 4 is 18.0 Å². The molecule has 0 spiro atoms. The first-order chi connectivity index (χ1) is 15.6. The minimum absolute atomic E-state index is 0.00702. The molecule has 1 aliphatic rings. The average Bonchev–Trinajstić information content (AvgIpc) is 3.08. The summed E-state index contributed by atoms with van der Waals surface area (Å²) in [5.74, 6) is -5.96. The monoisotopic (exact) mass is 464 g/mol. The summed E-state index contributed by atoms with van der Waals surface area (Å²) < 4.78 is 43.6. The van der Waals surface area contributed by atoms with Crippen LogP contribution in [0.3, 0.4) is 0 Å². The molecule has 176 valence electrons. The van der Waals surface area contributed by atoms with E-state index in [-0.39, 0.29) is 18.9 Å². The highest BCUT2D eigenvalue weighted by Gasteiger charge is 2.45. The fourth-order valence-electron chi connectivity index (χ4n) is 3.80. The molecule has 2 atom stereocenters. The number of halogens is 3. The Balaban J connectivity index is 1.59. The second-order valence-corrected chi connectivity index (χ2v) is 7.61. The zero-order valence-electron chi connectivity index (χ0n) is 17.7. The first-order valence-electron chi connectivity index (χ1n) is 10.3. The van der Waals surface area contributed by atoms with Crippen LogP contribution in [-0.4, -0.2) is 48.4 Å². The van der Waals surface area contributed by atoms with E-state index in [0.717, 1.165) is 22.3 Å². The molecule has 2 amide bonds. The largest absolute Gasteiger partial charge is 0.481 e. The van der Waals surface area contributed by atoms with E-state index in [1.54, 1.807) is 6.92 Å². The Hall–Kier alpha value is -3.56. The summed E-state index contributed by atoms with van der Waals surface area (Å²) in [6.45, 7) is 0.417. The fourth-order valence-corrected chi connectivity index (χ4v) is 3.80. The molecule has 3 rings (SSSR count). The molecule has 0 aliphatic heterocycles. The van der Waals surface area contributed by atoms with Gasteiger partial charge in [0.15, 0.2) is 5.92 Å². The quantitative estimate of drug-likeness (QED) is 0.553. The molecule has 0 saturated heterocycles. The maximum Gasteiger partial charge on any atom is 0.407 e. The van der Waals surface area contributed by atoms with E-state index in [4.69, 9.17) is 9.84 Å². The van der Waals surface area contributed by atoms with E-state index in [0.29, 0.717) is 0 Å². The summed E-state index contributed by atoms with van der Waals surface area (Å²) in [5.41, 5.74) is 4.10. The maximum absolute atomic E-state index is 12.8. The lowest BCUT2D eigenvalue weighted by molar-refractivity contribution is -0.192. The SMILES string of the molecule is CCC(NC(=O)OCC1c2ccccc2-c2ccccc21)C(=O)NCC(C(=O)O)C(F)(F)F. The number of hydrogen-bond acceptors (Lipinski definition) is 4. The van der Waals surface area contributed by atoms with Crippen molar-refractivity contribution in [1.29, 1.82) is 0 Å². The van der Waals surface area contributed by atoms with Crippen LogP contribution in [0.15, 0.2) is 48.5 Å². The van der Waals surface area contributed by atoms with Crippen LogP contribution in [0.1, 0.15) is 30.4 Å². The van der Waals surface area contributed by atoms with Crippen LogP contribution >= 0.6 is 0 Å². The Morgan fingerprint density at radius 3 is 2.06 bits per heavy atom. The van der Waals surface area contributed by atoms with Crippen LogP contribution < -0.4 is 10.6 Å². The first-order valence-corrected chi connectivity index (χ1v) is 10.3. The summed E-state index contributed by atoms with van der Waals surface area (Å²) in [4.78, 5) is 35.3. The van der Waals surface area contributed by atoms with Crippen molar-refractivity contribution < 1.29 is 37.4 Å². The first kappa shape index (κ1) is 24.1. The number of hydrogen-bond donors (Lipinski definition) is 3. The van der Waals surface area contributed by atoms with Gasteiger partial charge in [-0.05, 0) is 28.7 Å². The number of amides is 2. The van der Waals surface area contributed by atoms with Gasteiger partial charge in [-0.1, -0.05) is 55.5 Å². The van der Waals surface area contributed by atoms with Gasteiger partial charge >= 0.3 is 18.2 Å². The third kappa shape index (κ3) is 5.44. The van der Waals surface area contributed by atoms with Gasteiger partial charge in [-0.25, -0.2) is 4.79 Å². The molecule has 2 aromatic carbocycles. The van der Waals surface area contributed by atoms with E-state index in [9.17, 15) is 27.6 Å². The summed E-state index contributed by atoms with van der Waals surface area (Å²) in [5, 5.41) is 13.0. The summed E-state index contributed by atoms with van der Waals surface area (Å²) >= 11 is 0. The molecule has 0 saturated carbocycles.